The molecule has 2 aromatic carbocycles. The van der Waals surface area contributed by atoms with Gasteiger partial charge in [0, 0.05) is 11.6 Å². The molecular weight excluding hydrogens is 512 g/mol. The first-order valence-electron chi connectivity index (χ1n) is 9.79. The van der Waals surface area contributed by atoms with Gasteiger partial charge in [-0.1, -0.05) is 41.0 Å². The third-order valence-corrected chi connectivity index (χ3v) is 6.22. The molecule has 0 saturated carbocycles. The third kappa shape index (κ3) is 6.68. The quantitative estimate of drug-likeness (QED) is 0.255. The molecule has 0 bridgehead atoms. The van der Waals surface area contributed by atoms with E-state index in [1.807, 2.05) is 6.92 Å². The van der Waals surface area contributed by atoms with Gasteiger partial charge in [-0.3, -0.25) is 9.36 Å². The van der Waals surface area contributed by atoms with Crippen LogP contribution in [0.3, 0.4) is 0 Å². The van der Waals surface area contributed by atoms with Gasteiger partial charge < -0.3 is 10.1 Å². The molecule has 180 valence electrons. The number of halogens is 5. The van der Waals surface area contributed by atoms with E-state index in [0.717, 1.165) is 35.5 Å². The number of aromatic nitrogens is 3. The van der Waals surface area contributed by atoms with Crippen molar-refractivity contribution in [1.29, 1.82) is 0 Å². The Kier molecular flexibility index (Phi) is 8.51. The number of anilines is 1. The van der Waals surface area contributed by atoms with Crippen molar-refractivity contribution in [2.45, 2.75) is 31.4 Å². The maximum atomic E-state index is 12.9. The van der Waals surface area contributed by atoms with Crippen molar-refractivity contribution in [3.8, 4) is 5.75 Å². The van der Waals surface area contributed by atoms with Gasteiger partial charge in [-0.2, -0.15) is 13.2 Å². The van der Waals surface area contributed by atoms with Crippen molar-refractivity contribution < 1.29 is 22.7 Å². The zero-order chi connectivity index (χ0) is 24.9. The lowest BCUT2D eigenvalue weighted by Crippen LogP contribution is -2.16. The van der Waals surface area contributed by atoms with E-state index in [1.54, 1.807) is 28.8 Å². The number of nitrogens with zero attached hydrogens (tertiary/aromatic N) is 3. The summed E-state index contributed by atoms with van der Waals surface area (Å²) in [5.74, 6) is 0.450. The summed E-state index contributed by atoms with van der Waals surface area (Å²) in [5.41, 5.74) is -0.164. The minimum absolute atomic E-state index is 0.00181. The summed E-state index contributed by atoms with van der Waals surface area (Å²) in [6.07, 6.45) is -2.91. The van der Waals surface area contributed by atoms with Crippen LogP contribution in [0.4, 0.5) is 18.9 Å². The van der Waals surface area contributed by atoms with Crippen molar-refractivity contribution in [2.75, 3.05) is 11.1 Å². The lowest BCUT2D eigenvalue weighted by Gasteiger charge is -2.12. The molecule has 0 unspecified atom stereocenters. The van der Waals surface area contributed by atoms with Crippen LogP contribution in [0.25, 0.3) is 0 Å². The summed E-state index contributed by atoms with van der Waals surface area (Å²) in [5, 5.41) is 11.7. The number of nitrogens with one attached hydrogen (secondary N) is 1. The highest BCUT2D eigenvalue weighted by Gasteiger charge is 2.31. The van der Waals surface area contributed by atoms with E-state index in [0.29, 0.717) is 28.3 Å². The van der Waals surface area contributed by atoms with Gasteiger partial charge in [0.1, 0.15) is 12.4 Å². The first-order chi connectivity index (χ1) is 16.1. The van der Waals surface area contributed by atoms with Crippen molar-refractivity contribution in [2.24, 2.45) is 0 Å². The van der Waals surface area contributed by atoms with Gasteiger partial charge in [-0.15, -0.1) is 16.8 Å². The topological polar surface area (TPSA) is 69.0 Å². The second-order valence-corrected chi connectivity index (χ2v) is 8.78. The number of hydrogen-bond acceptors (Lipinski definition) is 5. The average Bonchev–Trinajstić information content (AvgIpc) is 3.15. The van der Waals surface area contributed by atoms with E-state index < -0.39 is 17.6 Å². The first-order valence-corrected chi connectivity index (χ1v) is 11.5. The van der Waals surface area contributed by atoms with Gasteiger partial charge in [-0.25, -0.2) is 0 Å². The Morgan fingerprint density at radius 1 is 1.21 bits per heavy atom. The minimum atomic E-state index is -4.55. The number of hydrogen-bond donors (Lipinski definition) is 1. The Hall–Kier alpha value is -2.69. The molecule has 1 aromatic heterocycles. The summed E-state index contributed by atoms with van der Waals surface area (Å²) in [4.78, 5) is 12.4. The van der Waals surface area contributed by atoms with Crippen LogP contribution >= 0.6 is 35.0 Å². The average molecular weight is 531 g/mol. The van der Waals surface area contributed by atoms with Crippen molar-refractivity contribution >= 4 is 46.6 Å². The number of aryl methyl sites for hydroxylation is 1. The summed E-state index contributed by atoms with van der Waals surface area (Å²) in [7, 11) is 0. The fraction of sp³-hybridized carbons (Fsp3) is 0.227. The molecule has 1 heterocycles. The molecule has 0 radical (unpaired) electrons. The normalized spacial score (nSPS) is 11.4. The number of amides is 1. The smallest absolute Gasteiger partial charge is 0.416 e. The molecule has 0 aliphatic rings. The monoisotopic (exact) mass is 530 g/mol. The second kappa shape index (κ2) is 11.2. The zero-order valence-electron chi connectivity index (χ0n) is 17.8. The number of benzene rings is 2. The number of carbonyl (C=O) groups excluding carboxylic acids is 1. The van der Waals surface area contributed by atoms with Crippen LogP contribution in [0, 0.1) is 6.92 Å². The van der Waals surface area contributed by atoms with Crippen LogP contribution in [-0.4, -0.2) is 26.4 Å². The third-order valence-electron chi connectivity index (χ3n) is 4.50. The van der Waals surface area contributed by atoms with Crippen LogP contribution < -0.4 is 10.1 Å². The summed E-state index contributed by atoms with van der Waals surface area (Å²) in [6.45, 7) is 6.07. The molecule has 6 nitrogen and oxygen atoms in total. The largest absolute Gasteiger partial charge is 0.486 e. The summed E-state index contributed by atoms with van der Waals surface area (Å²) < 4.78 is 46.3. The van der Waals surface area contributed by atoms with Crippen LogP contribution in [0.2, 0.25) is 10.0 Å². The number of ether oxygens (including phenoxy) is 1. The molecule has 34 heavy (non-hydrogen) atoms. The summed E-state index contributed by atoms with van der Waals surface area (Å²) in [6, 6.07) is 8.00. The van der Waals surface area contributed by atoms with Gasteiger partial charge >= 0.3 is 6.18 Å². The standard InChI is InChI=1S/C22H19Cl2F3N4O2S/c1-3-8-31-19(11-33-15-5-7-16(23)13(2)9-15)29-30-21(31)34-12-20(32)28-18-10-14(22(25,26)27)4-6-17(18)24/h3-7,9-10H,1,8,11-12H2,2H3,(H,28,32). The maximum Gasteiger partial charge on any atom is 0.416 e. The Balaban J connectivity index is 1.65. The van der Waals surface area contributed by atoms with E-state index in [4.69, 9.17) is 27.9 Å². The number of alkyl halides is 3. The van der Waals surface area contributed by atoms with Crippen LogP contribution in [-0.2, 0) is 24.1 Å². The minimum Gasteiger partial charge on any atom is -0.486 e. The molecule has 0 saturated heterocycles. The van der Waals surface area contributed by atoms with E-state index in [2.05, 4.69) is 22.1 Å². The number of rotatable bonds is 9. The lowest BCUT2D eigenvalue weighted by atomic mass is 10.2. The van der Waals surface area contributed by atoms with Gasteiger partial charge in [0.2, 0.25) is 5.91 Å². The lowest BCUT2D eigenvalue weighted by molar-refractivity contribution is -0.137. The SMILES string of the molecule is C=CCn1c(COc2ccc(Cl)c(C)c2)nnc1SCC(=O)Nc1cc(C(F)(F)F)ccc1Cl. The first kappa shape index (κ1) is 25.9. The van der Waals surface area contributed by atoms with Crippen molar-refractivity contribution in [3.05, 3.63) is 76.0 Å². The van der Waals surface area contributed by atoms with Crippen LogP contribution in [0.15, 0.2) is 54.2 Å². The van der Waals surface area contributed by atoms with Crippen molar-refractivity contribution in [3.63, 3.8) is 0 Å². The molecule has 3 rings (SSSR count). The van der Waals surface area contributed by atoms with E-state index in [1.165, 1.54) is 0 Å². The van der Waals surface area contributed by atoms with Gasteiger partial charge in [-0.05, 0) is 48.9 Å². The van der Waals surface area contributed by atoms with Gasteiger partial charge in [0.05, 0.1) is 22.0 Å². The molecule has 0 atom stereocenters. The zero-order valence-corrected chi connectivity index (χ0v) is 20.2. The Morgan fingerprint density at radius 2 is 1.94 bits per heavy atom. The molecular formula is C22H19Cl2F3N4O2S. The van der Waals surface area contributed by atoms with Gasteiger partial charge in [0.25, 0.3) is 0 Å². The fourth-order valence-corrected chi connectivity index (χ4v) is 3.86. The highest BCUT2D eigenvalue weighted by atomic mass is 35.5. The molecule has 0 fully saturated rings. The van der Waals surface area contributed by atoms with Gasteiger partial charge in [0.15, 0.2) is 11.0 Å². The molecule has 0 aliphatic heterocycles. The van der Waals surface area contributed by atoms with E-state index >= 15 is 0 Å². The molecule has 3 aromatic rings. The van der Waals surface area contributed by atoms with E-state index in [9.17, 15) is 18.0 Å². The number of allylic oxidation sites excluding steroid dienone is 1. The fourth-order valence-electron chi connectivity index (χ4n) is 2.81. The molecule has 1 N–H and O–H groups in total. The molecule has 1 amide bonds. The highest BCUT2D eigenvalue weighted by Crippen LogP contribution is 2.34. The summed E-state index contributed by atoms with van der Waals surface area (Å²) >= 11 is 13.0. The predicted molar refractivity (Wildman–Crippen MR) is 127 cm³/mol. The maximum absolute atomic E-state index is 12.9. The second-order valence-electron chi connectivity index (χ2n) is 7.03. The van der Waals surface area contributed by atoms with Crippen LogP contribution in [0.5, 0.6) is 5.75 Å². The highest BCUT2D eigenvalue weighted by molar-refractivity contribution is 7.99. The van der Waals surface area contributed by atoms with E-state index in [-0.39, 0.29) is 23.1 Å². The predicted octanol–water partition coefficient (Wildman–Crippen LogP) is 6.41. The van der Waals surface area contributed by atoms with Crippen molar-refractivity contribution in [1.82, 2.24) is 14.8 Å². The Morgan fingerprint density at radius 3 is 2.62 bits per heavy atom. The number of thioether (sulfide) groups is 1. The Bertz CT molecular complexity index is 1200. The molecule has 0 aliphatic carbocycles. The molecule has 0 spiro atoms. The van der Waals surface area contributed by atoms with Crippen LogP contribution in [0.1, 0.15) is 17.0 Å². The Labute approximate surface area is 208 Å². The molecule has 12 heteroatoms. The number of carbonyl (C=O) groups is 1.